The SMILES string of the molecule is O=C(CN1C[C@@H](c2ccccc2)O[C@@H](c2ccc3c(c2)OCO3)C1)N1CCOCC1. The zero-order valence-corrected chi connectivity index (χ0v) is 16.9. The highest BCUT2D eigenvalue weighted by Gasteiger charge is 2.32. The second-order valence-electron chi connectivity index (χ2n) is 7.82. The summed E-state index contributed by atoms with van der Waals surface area (Å²) >= 11 is 0. The number of carbonyl (C=O) groups excluding carboxylic acids is 1. The zero-order valence-electron chi connectivity index (χ0n) is 16.9. The number of benzene rings is 2. The fourth-order valence-electron chi connectivity index (χ4n) is 4.21. The third-order valence-corrected chi connectivity index (χ3v) is 5.84. The summed E-state index contributed by atoms with van der Waals surface area (Å²) in [5.74, 6) is 1.65. The second-order valence-corrected chi connectivity index (χ2v) is 7.82. The van der Waals surface area contributed by atoms with E-state index in [9.17, 15) is 4.79 Å². The van der Waals surface area contributed by atoms with E-state index in [1.165, 1.54) is 0 Å². The monoisotopic (exact) mass is 410 g/mol. The summed E-state index contributed by atoms with van der Waals surface area (Å²) in [6, 6.07) is 16.1. The van der Waals surface area contributed by atoms with Gasteiger partial charge in [0, 0.05) is 26.2 Å². The van der Waals surface area contributed by atoms with E-state index in [4.69, 9.17) is 18.9 Å². The molecule has 2 atom stereocenters. The van der Waals surface area contributed by atoms with Gasteiger partial charge in [-0.25, -0.2) is 0 Å². The summed E-state index contributed by atoms with van der Waals surface area (Å²) in [5.41, 5.74) is 2.15. The highest BCUT2D eigenvalue weighted by Crippen LogP contribution is 2.38. The highest BCUT2D eigenvalue weighted by atomic mass is 16.7. The van der Waals surface area contributed by atoms with Crippen molar-refractivity contribution >= 4 is 5.91 Å². The van der Waals surface area contributed by atoms with Crippen LogP contribution in [-0.2, 0) is 14.3 Å². The van der Waals surface area contributed by atoms with Crippen molar-refractivity contribution in [1.29, 1.82) is 0 Å². The van der Waals surface area contributed by atoms with Crippen molar-refractivity contribution < 1.29 is 23.7 Å². The third-order valence-electron chi connectivity index (χ3n) is 5.84. The van der Waals surface area contributed by atoms with Gasteiger partial charge >= 0.3 is 0 Å². The summed E-state index contributed by atoms with van der Waals surface area (Å²) in [4.78, 5) is 17.0. The van der Waals surface area contributed by atoms with Crippen LogP contribution in [0.4, 0.5) is 0 Å². The third kappa shape index (κ3) is 4.14. The molecule has 0 radical (unpaired) electrons. The van der Waals surface area contributed by atoms with Crippen LogP contribution in [0, 0.1) is 0 Å². The molecular formula is C23H26N2O5. The Balaban J connectivity index is 1.36. The average Bonchev–Trinajstić information content (AvgIpc) is 3.28. The number of hydrogen-bond acceptors (Lipinski definition) is 6. The molecule has 158 valence electrons. The molecule has 5 rings (SSSR count). The smallest absolute Gasteiger partial charge is 0.236 e. The van der Waals surface area contributed by atoms with E-state index in [2.05, 4.69) is 17.0 Å². The number of hydrogen-bond donors (Lipinski definition) is 0. The van der Waals surface area contributed by atoms with Gasteiger partial charge in [0.05, 0.1) is 32.0 Å². The quantitative estimate of drug-likeness (QED) is 0.772. The van der Waals surface area contributed by atoms with Crippen molar-refractivity contribution in [3.05, 3.63) is 59.7 Å². The largest absolute Gasteiger partial charge is 0.454 e. The van der Waals surface area contributed by atoms with Crippen LogP contribution in [0.3, 0.4) is 0 Å². The minimum atomic E-state index is -0.157. The Kier molecular flexibility index (Phi) is 5.57. The number of amides is 1. The molecule has 3 aliphatic rings. The van der Waals surface area contributed by atoms with Gasteiger partial charge in [0.25, 0.3) is 0 Å². The lowest BCUT2D eigenvalue weighted by atomic mass is 10.0. The van der Waals surface area contributed by atoms with Gasteiger partial charge in [0.1, 0.15) is 0 Å². The summed E-state index contributed by atoms with van der Waals surface area (Å²) in [5, 5.41) is 0. The van der Waals surface area contributed by atoms with Crippen LogP contribution in [0.15, 0.2) is 48.5 Å². The first kappa shape index (κ1) is 19.4. The van der Waals surface area contributed by atoms with Gasteiger partial charge in [-0.2, -0.15) is 0 Å². The van der Waals surface area contributed by atoms with Crippen molar-refractivity contribution in [3.8, 4) is 11.5 Å². The summed E-state index contributed by atoms with van der Waals surface area (Å²) in [6.45, 7) is 4.52. The van der Waals surface area contributed by atoms with Crippen LogP contribution < -0.4 is 9.47 Å². The van der Waals surface area contributed by atoms with E-state index in [0.29, 0.717) is 45.9 Å². The molecular weight excluding hydrogens is 384 g/mol. The van der Waals surface area contributed by atoms with Crippen molar-refractivity contribution in [3.63, 3.8) is 0 Å². The number of carbonyl (C=O) groups is 1. The molecule has 3 heterocycles. The molecule has 0 spiro atoms. The van der Waals surface area contributed by atoms with E-state index in [-0.39, 0.29) is 24.9 Å². The predicted molar refractivity (Wildman–Crippen MR) is 109 cm³/mol. The average molecular weight is 410 g/mol. The maximum absolute atomic E-state index is 12.9. The molecule has 0 aromatic heterocycles. The molecule has 0 unspecified atom stereocenters. The van der Waals surface area contributed by atoms with Crippen molar-refractivity contribution in [2.24, 2.45) is 0 Å². The van der Waals surface area contributed by atoms with Crippen LogP contribution in [0.25, 0.3) is 0 Å². The highest BCUT2D eigenvalue weighted by molar-refractivity contribution is 5.78. The van der Waals surface area contributed by atoms with E-state index >= 15 is 0 Å². The Morgan fingerprint density at radius 1 is 0.900 bits per heavy atom. The molecule has 0 bridgehead atoms. The van der Waals surface area contributed by atoms with Gasteiger partial charge in [0.2, 0.25) is 12.7 Å². The van der Waals surface area contributed by atoms with Crippen LogP contribution in [0.2, 0.25) is 0 Å². The second kappa shape index (κ2) is 8.63. The Morgan fingerprint density at radius 2 is 1.63 bits per heavy atom. The molecule has 2 saturated heterocycles. The molecule has 1 amide bonds. The van der Waals surface area contributed by atoms with Gasteiger partial charge in [-0.15, -0.1) is 0 Å². The zero-order chi connectivity index (χ0) is 20.3. The summed E-state index contributed by atoms with van der Waals surface area (Å²) in [6.07, 6.45) is -0.260. The van der Waals surface area contributed by atoms with Gasteiger partial charge in [-0.05, 0) is 23.3 Å². The maximum atomic E-state index is 12.9. The van der Waals surface area contributed by atoms with Crippen LogP contribution in [0.1, 0.15) is 23.3 Å². The van der Waals surface area contributed by atoms with Gasteiger partial charge < -0.3 is 23.8 Å². The van der Waals surface area contributed by atoms with E-state index in [0.717, 1.165) is 22.6 Å². The fraction of sp³-hybridized carbons (Fsp3) is 0.435. The van der Waals surface area contributed by atoms with Gasteiger partial charge in [0.15, 0.2) is 11.5 Å². The predicted octanol–water partition coefficient (Wildman–Crippen LogP) is 2.39. The lowest BCUT2D eigenvalue weighted by Gasteiger charge is -2.39. The molecule has 0 N–H and O–H groups in total. The van der Waals surface area contributed by atoms with Gasteiger partial charge in [-0.1, -0.05) is 36.4 Å². The van der Waals surface area contributed by atoms with E-state index in [1.54, 1.807) is 0 Å². The first-order chi connectivity index (χ1) is 14.8. The standard InChI is InChI=1S/C23H26N2O5/c26-23(25-8-10-27-11-9-25)15-24-13-21(17-4-2-1-3-5-17)30-22(14-24)18-6-7-19-20(12-18)29-16-28-19/h1-7,12,21-22H,8-11,13-16H2/t21-,22+/m0/s1. The lowest BCUT2D eigenvalue weighted by Crippen LogP contribution is -2.49. The van der Waals surface area contributed by atoms with Crippen LogP contribution >= 0.6 is 0 Å². The lowest BCUT2D eigenvalue weighted by molar-refractivity contribution is -0.141. The van der Waals surface area contributed by atoms with Crippen LogP contribution in [0.5, 0.6) is 11.5 Å². The molecule has 0 saturated carbocycles. The maximum Gasteiger partial charge on any atom is 0.236 e. The minimum absolute atomic E-state index is 0.104. The number of fused-ring (bicyclic) bond motifs is 1. The van der Waals surface area contributed by atoms with E-state index < -0.39 is 0 Å². The Morgan fingerprint density at radius 3 is 2.43 bits per heavy atom. The molecule has 2 fully saturated rings. The minimum Gasteiger partial charge on any atom is -0.454 e. The van der Waals surface area contributed by atoms with Crippen molar-refractivity contribution in [2.75, 3.05) is 52.7 Å². The first-order valence-corrected chi connectivity index (χ1v) is 10.4. The van der Waals surface area contributed by atoms with Crippen LogP contribution in [-0.4, -0.2) is 68.4 Å². The molecule has 7 heteroatoms. The summed E-state index contributed by atoms with van der Waals surface area (Å²) < 4.78 is 22.9. The first-order valence-electron chi connectivity index (χ1n) is 10.4. The normalized spacial score (nSPS) is 24.1. The fourth-order valence-corrected chi connectivity index (χ4v) is 4.21. The van der Waals surface area contributed by atoms with Crippen molar-refractivity contribution in [2.45, 2.75) is 12.2 Å². The number of morpholine rings is 2. The molecule has 2 aromatic carbocycles. The molecule has 0 aliphatic carbocycles. The topological polar surface area (TPSA) is 60.5 Å². The Bertz CT molecular complexity index is 884. The van der Waals surface area contributed by atoms with E-state index in [1.807, 2.05) is 41.3 Å². The summed E-state index contributed by atoms with van der Waals surface area (Å²) in [7, 11) is 0. The molecule has 7 nitrogen and oxygen atoms in total. The molecule has 30 heavy (non-hydrogen) atoms. The van der Waals surface area contributed by atoms with Crippen molar-refractivity contribution in [1.82, 2.24) is 9.80 Å². The number of rotatable bonds is 4. The van der Waals surface area contributed by atoms with Gasteiger partial charge in [-0.3, -0.25) is 9.69 Å². The molecule has 2 aromatic rings. The Labute approximate surface area is 176 Å². The molecule has 3 aliphatic heterocycles. The number of ether oxygens (including phenoxy) is 4. The number of nitrogens with zero attached hydrogens (tertiary/aromatic N) is 2. The Hall–Kier alpha value is -2.61.